The van der Waals surface area contributed by atoms with Gasteiger partial charge in [-0.1, -0.05) is 213 Å². The van der Waals surface area contributed by atoms with Crippen molar-refractivity contribution in [3.8, 4) is 0 Å². The molecule has 1 aliphatic heterocycles. The molecule has 1 rings (SSSR count). The Balaban J connectivity index is 0.00000103. The first-order chi connectivity index (χ1) is 25.4. The second-order valence-corrected chi connectivity index (χ2v) is 15.2. The van der Waals surface area contributed by atoms with Gasteiger partial charge in [0.15, 0.2) is 6.10 Å². The average molecular weight is 741 g/mol. The lowest BCUT2D eigenvalue weighted by Gasteiger charge is -2.17. The van der Waals surface area contributed by atoms with Gasteiger partial charge in [-0.2, -0.15) is 0 Å². The van der Waals surface area contributed by atoms with Crippen LogP contribution in [0.25, 0.3) is 0 Å². The Hall–Kier alpha value is -1.64. The zero-order valence-electron chi connectivity index (χ0n) is 34.0. The van der Waals surface area contributed by atoms with Crippen molar-refractivity contribution in [1.29, 1.82) is 0 Å². The number of cyclic esters (lactones) is 1. The summed E-state index contributed by atoms with van der Waals surface area (Å²) in [6.45, 7) is 4.21. The van der Waals surface area contributed by atoms with Crippen molar-refractivity contribution in [2.75, 3.05) is 13.2 Å². The molecule has 1 aliphatic rings. The zero-order valence-corrected chi connectivity index (χ0v) is 34.0. The molecule has 0 aromatic heterocycles. The van der Waals surface area contributed by atoms with Crippen LogP contribution in [0.4, 0.5) is 0 Å². The molecule has 0 saturated heterocycles. The number of carbonyl (C=O) groups excluding carboxylic acids is 2. The monoisotopic (exact) mass is 741 g/mol. The summed E-state index contributed by atoms with van der Waals surface area (Å²) in [4.78, 5) is 23.3. The molecule has 308 valence electrons. The standard InChI is InChI=1S/C22H38O7.C22H46O/c1-2-3-4-5-6-7-8-9-10-11-12-13-14-15-18(25)28-21-19(26)22(27)29-20(21)17(24)16-23;1-2-3-4-5-6-7-8-9-10-11-12-13-14-15-16-17-18-19-20-21-22-23/h17,20,23-24,26H,2-16H2,1H3;23H,2-22H2,1H3/t17-,20+;/m0./s1. The smallest absolute Gasteiger partial charge is 0.378 e. The van der Waals surface area contributed by atoms with E-state index in [1.54, 1.807) is 0 Å². The van der Waals surface area contributed by atoms with Crippen LogP contribution < -0.4 is 0 Å². The molecule has 8 nitrogen and oxygen atoms in total. The van der Waals surface area contributed by atoms with E-state index < -0.39 is 42.3 Å². The molecule has 4 N–H and O–H groups in total. The second-order valence-electron chi connectivity index (χ2n) is 15.2. The van der Waals surface area contributed by atoms with E-state index in [0.29, 0.717) is 13.0 Å². The maximum atomic E-state index is 11.9. The number of carbonyl (C=O) groups is 2. The molecule has 1 heterocycles. The first-order valence-corrected chi connectivity index (χ1v) is 22.2. The minimum atomic E-state index is -1.46. The van der Waals surface area contributed by atoms with Crippen molar-refractivity contribution in [1.82, 2.24) is 0 Å². The Morgan fingerprint density at radius 3 is 1.17 bits per heavy atom. The van der Waals surface area contributed by atoms with Crippen LogP contribution in [0.5, 0.6) is 0 Å². The first kappa shape index (κ1) is 50.4. The fourth-order valence-corrected chi connectivity index (χ4v) is 6.74. The van der Waals surface area contributed by atoms with E-state index in [-0.39, 0.29) is 6.42 Å². The molecule has 0 spiro atoms. The van der Waals surface area contributed by atoms with Gasteiger partial charge in [-0.05, 0) is 12.8 Å². The topological polar surface area (TPSA) is 134 Å². The third-order valence-electron chi connectivity index (χ3n) is 10.2. The van der Waals surface area contributed by atoms with Crippen LogP contribution in [-0.4, -0.2) is 57.8 Å². The summed E-state index contributed by atoms with van der Waals surface area (Å²) in [6.07, 6.45) is 41.1. The summed E-state index contributed by atoms with van der Waals surface area (Å²) in [5, 5.41) is 36.9. The fraction of sp³-hybridized carbons (Fsp3) is 0.909. The maximum absolute atomic E-state index is 11.9. The van der Waals surface area contributed by atoms with Gasteiger partial charge in [0.1, 0.15) is 6.10 Å². The van der Waals surface area contributed by atoms with E-state index in [4.69, 9.17) is 19.7 Å². The van der Waals surface area contributed by atoms with Crippen LogP contribution in [0.2, 0.25) is 0 Å². The lowest BCUT2D eigenvalue weighted by Crippen LogP contribution is -2.33. The number of unbranched alkanes of at least 4 members (excludes halogenated alkanes) is 31. The van der Waals surface area contributed by atoms with E-state index >= 15 is 0 Å². The molecule has 0 amide bonds. The Morgan fingerprint density at radius 1 is 0.558 bits per heavy atom. The average Bonchev–Trinajstić information content (AvgIpc) is 3.42. The van der Waals surface area contributed by atoms with Crippen molar-refractivity contribution >= 4 is 11.9 Å². The summed E-state index contributed by atoms with van der Waals surface area (Å²) < 4.78 is 9.72. The van der Waals surface area contributed by atoms with E-state index in [2.05, 4.69) is 13.8 Å². The van der Waals surface area contributed by atoms with Crippen LogP contribution in [-0.2, 0) is 19.1 Å². The minimum absolute atomic E-state index is 0.157. The van der Waals surface area contributed by atoms with Crippen LogP contribution in [0.1, 0.15) is 232 Å². The maximum Gasteiger partial charge on any atom is 0.378 e. The summed E-state index contributed by atoms with van der Waals surface area (Å²) in [5.74, 6) is -2.92. The highest BCUT2D eigenvalue weighted by atomic mass is 16.6. The molecule has 0 radical (unpaired) electrons. The SMILES string of the molecule is CCCCCCCCCCCCCCCC(=O)OC1=C(O)C(=O)O[C@@H]1[C@@H](O)CO.CCCCCCCCCCCCCCCCCCCCCCO. The predicted octanol–water partition coefficient (Wildman–Crippen LogP) is 11.9. The Bertz CT molecular complexity index is 809. The normalized spacial score (nSPS) is 14.7. The molecular formula is C44H84O8. The number of aliphatic hydroxyl groups excluding tert-OH is 4. The van der Waals surface area contributed by atoms with Gasteiger partial charge in [-0.3, -0.25) is 4.79 Å². The van der Waals surface area contributed by atoms with Crippen molar-refractivity contribution in [2.24, 2.45) is 0 Å². The molecule has 0 fully saturated rings. The summed E-state index contributed by atoms with van der Waals surface area (Å²) in [5.41, 5.74) is 0. The summed E-state index contributed by atoms with van der Waals surface area (Å²) in [7, 11) is 0. The number of esters is 2. The third kappa shape index (κ3) is 30.8. The Labute approximate surface area is 319 Å². The summed E-state index contributed by atoms with van der Waals surface area (Å²) in [6, 6.07) is 0. The van der Waals surface area contributed by atoms with Crippen molar-refractivity contribution in [3.05, 3.63) is 11.5 Å². The molecule has 0 bridgehead atoms. The van der Waals surface area contributed by atoms with Crippen LogP contribution in [0.3, 0.4) is 0 Å². The molecule has 8 heteroatoms. The van der Waals surface area contributed by atoms with Crippen LogP contribution in [0.15, 0.2) is 11.5 Å². The van der Waals surface area contributed by atoms with Crippen LogP contribution >= 0.6 is 0 Å². The largest absolute Gasteiger partial charge is 0.499 e. The van der Waals surface area contributed by atoms with E-state index in [0.717, 1.165) is 25.7 Å². The van der Waals surface area contributed by atoms with Gasteiger partial charge in [0.05, 0.1) is 6.61 Å². The third-order valence-corrected chi connectivity index (χ3v) is 10.2. The number of rotatable bonds is 37. The highest BCUT2D eigenvalue weighted by Crippen LogP contribution is 2.26. The quantitative estimate of drug-likeness (QED) is 0.0365. The van der Waals surface area contributed by atoms with E-state index in [9.17, 15) is 19.8 Å². The van der Waals surface area contributed by atoms with Gasteiger partial charge >= 0.3 is 11.9 Å². The molecule has 0 saturated carbocycles. The second kappa shape index (κ2) is 39.1. The molecule has 52 heavy (non-hydrogen) atoms. The number of aliphatic hydroxyl groups is 4. The lowest BCUT2D eigenvalue weighted by molar-refractivity contribution is -0.151. The predicted molar refractivity (Wildman–Crippen MR) is 214 cm³/mol. The fourth-order valence-electron chi connectivity index (χ4n) is 6.74. The van der Waals surface area contributed by atoms with Gasteiger partial charge < -0.3 is 29.9 Å². The molecule has 2 atom stereocenters. The first-order valence-electron chi connectivity index (χ1n) is 22.2. The number of ether oxygens (including phenoxy) is 2. The van der Waals surface area contributed by atoms with Gasteiger partial charge in [-0.15, -0.1) is 0 Å². The van der Waals surface area contributed by atoms with Gasteiger partial charge in [0, 0.05) is 13.0 Å². The molecule has 0 aromatic carbocycles. The lowest BCUT2D eigenvalue weighted by atomic mass is 10.0. The highest BCUT2D eigenvalue weighted by molar-refractivity contribution is 5.90. The van der Waals surface area contributed by atoms with Crippen molar-refractivity contribution < 1.29 is 39.5 Å². The highest BCUT2D eigenvalue weighted by Gasteiger charge is 2.41. The minimum Gasteiger partial charge on any atom is -0.499 e. The zero-order chi connectivity index (χ0) is 38.3. The molecule has 0 unspecified atom stereocenters. The number of hydrogen-bond acceptors (Lipinski definition) is 8. The molecule has 0 aromatic rings. The summed E-state index contributed by atoms with van der Waals surface area (Å²) >= 11 is 0. The number of hydrogen-bond donors (Lipinski definition) is 4. The van der Waals surface area contributed by atoms with Crippen LogP contribution in [0, 0.1) is 0 Å². The van der Waals surface area contributed by atoms with Gasteiger partial charge in [0.25, 0.3) is 0 Å². The molecule has 0 aliphatic carbocycles. The Kier molecular flexibility index (Phi) is 37.8. The van der Waals surface area contributed by atoms with Crippen molar-refractivity contribution in [2.45, 2.75) is 244 Å². The van der Waals surface area contributed by atoms with Gasteiger partial charge in [-0.25, -0.2) is 4.79 Å². The van der Waals surface area contributed by atoms with E-state index in [1.807, 2.05) is 0 Å². The Morgan fingerprint density at radius 2 is 0.865 bits per heavy atom. The van der Waals surface area contributed by atoms with Crippen molar-refractivity contribution in [3.63, 3.8) is 0 Å². The molecular weight excluding hydrogens is 656 g/mol. The van der Waals surface area contributed by atoms with Gasteiger partial charge in [0.2, 0.25) is 11.5 Å². The van der Waals surface area contributed by atoms with E-state index in [1.165, 1.54) is 180 Å².